The van der Waals surface area contributed by atoms with Crippen molar-refractivity contribution >= 4 is 0 Å². The number of hydrogen-bond acceptors (Lipinski definition) is 5. The highest BCUT2D eigenvalue weighted by molar-refractivity contribution is 5.67. The van der Waals surface area contributed by atoms with Crippen LogP contribution in [-0.4, -0.2) is 26.5 Å². The Bertz CT molecular complexity index is 523. The molecule has 5 heteroatoms. The number of ether oxygens (including phenoxy) is 3. The van der Waals surface area contributed by atoms with E-state index in [0.717, 1.165) is 11.3 Å². The molecule has 5 nitrogen and oxygen atoms in total. The largest absolute Gasteiger partial charge is 0.493 e. The number of nitrogens with zero attached hydrogens (tertiary/aromatic N) is 1. The Morgan fingerprint density at radius 1 is 0.944 bits per heavy atom. The minimum atomic E-state index is 0.556. The molecule has 0 bridgehead atoms. The van der Waals surface area contributed by atoms with Gasteiger partial charge >= 0.3 is 0 Å². The minimum Gasteiger partial charge on any atom is -0.493 e. The maximum atomic E-state index is 5.28. The molecule has 18 heavy (non-hydrogen) atoms. The minimum absolute atomic E-state index is 0.556. The first-order valence-electron chi connectivity index (χ1n) is 5.43. The molecule has 1 aromatic carbocycles. The van der Waals surface area contributed by atoms with E-state index in [1.807, 2.05) is 25.1 Å². The maximum Gasteiger partial charge on any atom is 0.203 e. The Labute approximate surface area is 105 Å². The Morgan fingerprint density at radius 3 is 1.94 bits per heavy atom. The summed E-state index contributed by atoms with van der Waals surface area (Å²) in [5.41, 5.74) is 1.64. The second-order valence-corrected chi connectivity index (χ2v) is 3.75. The predicted octanol–water partition coefficient (Wildman–Crippen LogP) is 2.68. The summed E-state index contributed by atoms with van der Waals surface area (Å²) in [6.07, 6.45) is 0. The summed E-state index contributed by atoms with van der Waals surface area (Å²) < 4.78 is 21.0. The van der Waals surface area contributed by atoms with Gasteiger partial charge in [-0.2, -0.15) is 0 Å². The zero-order chi connectivity index (χ0) is 13.1. The first-order valence-corrected chi connectivity index (χ1v) is 5.43. The van der Waals surface area contributed by atoms with Gasteiger partial charge in [-0.05, 0) is 19.1 Å². The maximum absolute atomic E-state index is 5.28. The SMILES string of the molecule is COc1cc(-c2cc(C)no2)cc(OC)c1OC. The van der Waals surface area contributed by atoms with E-state index in [-0.39, 0.29) is 0 Å². The fraction of sp³-hybridized carbons (Fsp3) is 0.308. The highest BCUT2D eigenvalue weighted by Gasteiger charge is 2.15. The summed E-state index contributed by atoms with van der Waals surface area (Å²) in [7, 11) is 4.72. The number of aromatic nitrogens is 1. The van der Waals surface area contributed by atoms with E-state index < -0.39 is 0 Å². The van der Waals surface area contributed by atoms with Crippen molar-refractivity contribution in [1.82, 2.24) is 5.16 Å². The van der Waals surface area contributed by atoms with Crippen molar-refractivity contribution in [2.75, 3.05) is 21.3 Å². The highest BCUT2D eigenvalue weighted by atomic mass is 16.5. The van der Waals surface area contributed by atoms with Gasteiger partial charge in [0, 0.05) is 11.6 Å². The molecule has 0 saturated carbocycles. The van der Waals surface area contributed by atoms with Crippen LogP contribution in [0.15, 0.2) is 22.7 Å². The van der Waals surface area contributed by atoms with Gasteiger partial charge in [-0.3, -0.25) is 0 Å². The van der Waals surface area contributed by atoms with Gasteiger partial charge in [0.15, 0.2) is 17.3 Å². The van der Waals surface area contributed by atoms with Crippen molar-refractivity contribution in [3.05, 3.63) is 23.9 Å². The standard InChI is InChI=1S/C13H15NO4/c1-8-5-10(18-14-8)9-6-11(15-2)13(17-4)12(7-9)16-3/h5-7H,1-4H3. The van der Waals surface area contributed by atoms with Crippen LogP contribution in [0.25, 0.3) is 11.3 Å². The monoisotopic (exact) mass is 249 g/mol. The molecular weight excluding hydrogens is 234 g/mol. The summed E-state index contributed by atoms with van der Waals surface area (Å²) in [5, 5.41) is 3.86. The van der Waals surface area contributed by atoms with Crippen molar-refractivity contribution in [2.45, 2.75) is 6.92 Å². The van der Waals surface area contributed by atoms with Crippen LogP contribution in [-0.2, 0) is 0 Å². The fourth-order valence-electron chi connectivity index (χ4n) is 1.72. The third kappa shape index (κ3) is 2.11. The Balaban J connectivity index is 2.56. The molecule has 0 aliphatic rings. The molecule has 96 valence electrons. The summed E-state index contributed by atoms with van der Waals surface area (Å²) in [5.74, 6) is 2.38. The van der Waals surface area contributed by atoms with E-state index in [1.54, 1.807) is 21.3 Å². The average Bonchev–Trinajstić information content (AvgIpc) is 2.83. The van der Waals surface area contributed by atoms with E-state index in [4.69, 9.17) is 18.7 Å². The van der Waals surface area contributed by atoms with Crippen LogP contribution in [0, 0.1) is 6.92 Å². The Hall–Kier alpha value is -2.17. The zero-order valence-corrected chi connectivity index (χ0v) is 10.8. The molecule has 1 aromatic heterocycles. The Kier molecular flexibility index (Phi) is 3.41. The van der Waals surface area contributed by atoms with E-state index in [2.05, 4.69) is 5.16 Å². The lowest BCUT2D eigenvalue weighted by Gasteiger charge is -2.12. The van der Waals surface area contributed by atoms with Gasteiger partial charge in [0.2, 0.25) is 5.75 Å². The van der Waals surface area contributed by atoms with Gasteiger partial charge in [-0.25, -0.2) is 0 Å². The van der Waals surface area contributed by atoms with Crippen LogP contribution in [0.4, 0.5) is 0 Å². The van der Waals surface area contributed by atoms with Crippen LogP contribution < -0.4 is 14.2 Å². The molecule has 0 atom stereocenters. The molecule has 0 spiro atoms. The first-order chi connectivity index (χ1) is 8.69. The van der Waals surface area contributed by atoms with Gasteiger partial charge < -0.3 is 18.7 Å². The molecule has 1 heterocycles. The van der Waals surface area contributed by atoms with Crippen molar-refractivity contribution in [3.8, 4) is 28.6 Å². The van der Waals surface area contributed by atoms with Crippen LogP contribution >= 0.6 is 0 Å². The van der Waals surface area contributed by atoms with E-state index >= 15 is 0 Å². The lowest BCUT2D eigenvalue weighted by Crippen LogP contribution is -1.95. The topological polar surface area (TPSA) is 53.7 Å². The number of aryl methyl sites for hydroxylation is 1. The lowest BCUT2D eigenvalue weighted by molar-refractivity contribution is 0.324. The van der Waals surface area contributed by atoms with E-state index in [9.17, 15) is 0 Å². The quantitative estimate of drug-likeness (QED) is 0.833. The molecule has 0 unspecified atom stereocenters. The van der Waals surface area contributed by atoms with Crippen LogP contribution in [0.5, 0.6) is 17.2 Å². The van der Waals surface area contributed by atoms with Gasteiger partial charge in [0.25, 0.3) is 0 Å². The van der Waals surface area contributed by atoms with Gasteiger partial charge in [-0.15, -0.1) is 0 Å². The average molecular weight is 249 g/mol. The molecule has 0 N–H and O–H groups in total. The second kappa shape index (κ2) is 5.00. The van der Waals surface area contributed by atoms with E-state index in [1.165, 1.54) is 0 Å². The van der Waals surface area contributed by atoms with Crippen molar-refractivity contribution in [3.63, 3.8) is 0 Å². The molecule has 0 radical (unpaired) electrons. The molecular formula is C13H15NO4. The van der Waals surface area contributed by atoms with Gasteiger partial charge in [-0.1, -0.05) is 5.16 Å². The molecule has 0 aliphatic heterocycles. The number of benzene rings is 1. The number of methoxy groups -OCH3 is 3. The van der Waals surface area contributed by atoms with Crippen molar-refractivity contribution < 1.29 is 18.7 Å². The summed E-state index contributed by atoms with van der Waals surface area (Å²) in [6.45, 7) is 1.87. The third-order valence-corrected chi connectivity index (χ3v) is 2.58. The second-order valence-electron chi connectivity index (χ2n) is 3.75. The fourth-order valence-corrected chi connectivity index (χ4v) is 1.72. The highest BCUT2D eigenvalue weighted by Crippen LogP contribution is 2.41. The number of hydrogen-bond donors (Lipinski definition) is 0. The zero-order valence-electron chi connectivity index (χ0n) is 10.8. The summed E-state index contributed by atoms with van der Waals surface area (Å²) in [6, 6.07) is 5.49. The predicted molar refractivity (Wildman–Crippen MR) is 66.3 cm³/mol. The molecule has 2 aromatic rings. The van der Waals surface area contributed by atoms with Crippen LogP contribution in [0.3, 0.4) is 0 Å². The lowest BCUT2D eigenvalue weighted by atomic mass is 10.1. The van der Waals surface area contributed by atoms with Crippen molar-refractivity contribution in [1.29, 1.82) is 0 Å². The van der Waals surface area contributed by atoms with E-state index in [0.29, 0.717) is 23.0 Å². The van der Waals surface area contributed by atoms with Gasteiger partial charge in [0.05, 0.1) is 27.0 Å². The first kappa shape index (κ1) is 12.3. The van der Waals surface area contributed by atoms with Gasteiger partial charge in [0.1, 0.15) is 0 Å². The molecule has 0 aliphatic carbocycles. The Morgan fingerprint density at radius 2 is 1.56 bits per heavy atom. The van der Waals surface area contributed by atoms with Crippen molar-refractivity contribution in [2.24, 2.45) is 0 Å². The molecule has 2 rings (SSSR count). The molecule has 0 fully saturated rings. The molecule has 0 saturated heterocycles. The summed E-state index contributed by atoms with van der Waals surface area (Å²) in [4.78, 5) is 0. The van der Waals surface area contributed by atoms with Crippen LogP contribution in [0.1, 0.15) is 5.69 Å². The molecule has 0 amide bonds. The smallest absolute Gasteiger partial charge is 0.203 e. The van der Waals surface area contributed by atoms with Crippen LogP contribution in [0.2, 0.25) is 0 Å². The number of rotatable bonds is 4. The third-order valence-electron chi connectivity index (χ3n) is 2.58. The normalized spacial score (nSPS) is 10.2. The summed E-state index contributed by atoms with van der Waals surface area (Å²) >= 11 is 0.